The minimum atomic E-state index is -0.454. The van der Waals surface area contributed by atoms with Gasteiger partial charge in [-0.1, -0.05) is 23.7 Å². The molecule has 0 fully saturated rings. The number of carbonyl (C=O) groups is 1. The maximum Gasteiger partial charge on any atom is 0.239 e. The fraction of sp³-hybridized carbons (Fsp3) is 0.250. The number of aromatic nitrogens is 2. The topological polar surface area (TPSA) is 76.5 Å². The summed E-state index contributed by atoms with van der Waals surface area (Å²) < 4.78 is 1.89. The van der Waals surface area contributed by atoms with Gasteiger partial charge < -0.3 is 5.73 Å². The van der Waals surface area contributed by atoms with Crippen LogP contribution in [0.15, 0.2) is 46.8 Å². The lowest BCUT2D eigenvalue weighted by atomic mass is 9.87. The highest BCUT2D eigenvalue weighted by atomic mass is 32.1. The summed E-state index contributed by atoms with van der Waals surface area (Å²) in [5.41, 5.74) is 10.5. The van der Waals surface area contributed by atoms with Crippen LogP contribution in [0.3, 0.4) is 0 Å². The quantitative estimate of drug-likeness (QED) is 0.696. The molecule has 1 aliphatic heterocycles. The van der Waals surface area contributed by atoms with Gasteiger partial charge in [-0.2, -0.15) is 5.10 Å². The third-order valence-corrected chi connectivity index (χ3v) is 5.99. The fourth-order valence-corrected chi connectivity index (χ4v) is 4.42. The van der Waals surface area contributed by atoms with E-state index in [0.717, 1.165) is 27.5 Å². The van der Waals surface area contributed by atoms with Crippen LogP contribution in [0.5, 0.6) is 0 Å². The van der Waals surface area contributed by atoms with Crippen LogP contribution < -0.4 is 11.2 Å². The van der Waals surface area contributed by atoms with E-state index in [4.69, 9.17) is 13.6 Å². The van der Waals surface area contributed by atoms with Crippen molar-refractivity contribution in [2.45, 2.75) is 25.8 Å². The Balaban J connectivity index is 1.74. The second kappa shape index (κ2) is 6.94. The molecule has 2 N–H and O–H groups in total. The Bertz CT molecular complexity index is 1070. The second-order valence-electron chi connectivity index (χ2n) is 7.02. The Morgan fingerprint density at radius 2 is 1.89 bits per heavy atom. The van der Waals surface area contributed by atoms with Crippen LogP contribution in [0.4, 0.5) is 0 Å². The lowest BCUT2D eigenvalue weighted by Gasteiger charge is -2.32. The van der Waals surface area contributed by atoms with E-state index >= 15 is 0 Å². The molecule has 1 aliphatic rings. The summed E-state index contributed by atoms with van der Waals surface area (Å²) in [5.74, 6) is -0.314. The summed E-state index contributed by atoms with van der Waals surface area (Å²) in [6, 6.07) is 11.4. The van der Waals surface area contributed by atoms with E-state index in [-0.39, 0.29) is 17.9 Å². The molecular formula is C20H20BN5OS. The zero-order valence-corrected chi connectivity index (χ0v) is 16.8. The van der Waals surface area contributed by atoms with E-state index in [1.54, 1.807) is 7.05 Å². The van der Waals surface area contributed by atoms with Crippen LogP contribution in [-0.2, 0) is 4.79 Å². The molecule has 0 aliphatic carbocycles. The number of benzene rings is 1. The maximum absolute atomic E-state index is 13.1. The van der Waals surface area contributed by atoms with Crippen molar-refractivity contribution < 1.29 is 4.79 Å². The Morgan fingerprint density at radius 3 is 2.46 bits per heavy atom. The van der Waals surface area contributed by atoms with Gasteiger partial charge in [-0.15, -0.1) is 11.3 Å². The van der Waals surface area contributed by atoms with E-state index in [1.165, 1.54) is 16.2 Å². The van der Waals surface area contributed by atoms with Gasteiger partial charge >= 0.3 is 0 Å². The molecule has 0 bridgehead atoms. The molecule has 2 radical (unpaired) electrons. The minimum Gasteiger partial charge on any atom is -0.369 e. The molecule has 28 heavy (non-hydrogen) atoms. The van der Waals surface area contributed by atoms with Gasteiger partial charge in [-0.3, -0.25) is 9.69 Å². The van der Waals surface area contributed by atoms with E-state index in [2.05, 4.69) is 10.1 Å². The molecule has 1 unspecified atom stereocenters. The first-order chi connectivity index (χ1) is 13.3. The van der Waals surface area contributed by atoms with Crippen LogP contribution in [0.25, 0.3) is 5.69 Å². The van der Waals surface area contributed by atoms with Gasteiger partial charge in [0, 0.05) is 17.6 Å². The van der Waals surface area contributed by atoms with Gasteiger partial charge in [0.2, 0.25) is 5.91 Å². The molecule has 0 saturated heterocycles. The predicted octanol–water partition coefficient (Wildman–Crippen LogP) is 1.96. The van der Waals surface area contributed by atoms with Gasteiger partial charge in [-0.25, -0.2) is 9.67 Å². The molecule has 1 aromatic carbocycles. The van der Waals surface area contributed by atoms with E-state index in [9.17, 15) is 4.79 Å². The third kappa shape index (κ3) is 3.13. The number of guanidine groups is 1. The van der Waals surface area contributed by atoms with Gasteiger partial charge in [0.1, 0.15) is 13.9 Å². The highest BCUT2D eigenvalue weighted by Gasteiger charge is 2.38. The highest BCUT2D eigenvalue weighted by molar-refractivity contribution is 7.11. The predicted molar refractivity (Wildman–Crippen MR) is 113 cm³/mol. The number of thiophene rings is 1. The fourth-order valence-electron chi connectivity index (χ4n) is 3.55. The van der Waals surface area contributed by atoms with Crippen molar-refractivity contribution in [2.24, 2.45) is 10.7 Å². The summed E-state index contributed by atoms with van der Waals surface area (Å²) in [6.07, 6.45) is 0. The number of aliphatic imine (C=N–C) groups is 1. The van der Waals surface area contributed by atoms with Crippen molar-refractivity contribution in [1.82, 2.24) is 14.7 Å². The van der Waals surface area contributed by atoms with E-state index in [0.29, 0.717) is 5.46 Å². The van der Waals surface area contributed by atoms with Crippen LogP contribution in [0, 0.1) is 13.8 Å². The van der Waals surface area contributed by atoms with Gasteiger partial charge in [0.25, 0.3) is 0 Å². The number of nitrogens with two attached hydrogens (primary N) is 1. The molecule has 8 heteroatoms. The van der Waals surface area contributed by atoms with Crippen molar-refractivity contribution in [3.05, 3.63) is 63.6 Å². The Labute approximate surface area is 169 Å². The van der Waals surface area contributed by atoms with Crippen molar-refractivity contribution in [3.8, 4) is 5.69 Å². The number of hydrogen-bond donors (Lipinski definition) is 1. The average Bonchev–Trinajstić information content (AvgIpc) is 3.24. The molecule has 2 aromatic heterocycles. The highest BCUT2D eigenvalue weighted by Crippen LogP contribution is 2.39. The number of rotatable bonds is 3. The van der Waals surface area contributed by atoms with Crippen LogP contribution >= 0.6 is 11.3 Å². The first-order valence-electron chi connectivity index (χ1n) is 8.93. The molecule has 0 saturated carbocycles. The van der Waals surface area contributed by atoms with Crippen molar-refractivity contribution in [3.63, 3.8) is 0 Å². The van der Waals surface area contributed by atoms with Crippen LogP contribution in [0.2, 0.25) is 0 Å². The first-order valence-corrected chi connectivity index (χ1v) is 9.81. The molecule has 1 amide bonds. The normalized spacial score (nSPS) is 19.8. The van der Waals surface area contributed by atoms with Crippen molar-refractivity contribution in [1.29, 1.82) is 0 Å². The number of aryl methyl sites for hydroxylation is 2. The summed E-state index contributed by atoms with van der Waals surface area (Å²) in [6.45, 7) is 3.98. The van der Waals surface area contributed by atoms with Gasteiger partial charge in [0.05, 0.1) is 17.3 Å². The number of carbonyl (C=O) groups excluding carboxylic acids is 1. The Hall–Kier alpha value is -2.87. The SMILES string of the molecule is [B]c1csc([C@H]2N=C(N)N(C)C(=O)C2c2ccc(-n3nc(C)cc3C)cc2)c1. The van der Waals surface area contributed by atoms with Crippen molar-refractivity contribution >= 4 is 36.5 Å². The molecule has 2 atom stereocenters. The molecule has 0 spiro atoms. The maximum atomic E-state index is 13.1. The number of likely N-dealkylation sites (N-methyl/N-ethyl adjacent to an activating group) is 1. The van der Waals surface area contributed by atoms with E-state index in [1.807, 2.05) is 60.3 Å². The van der Waals surface area contributed by atoms with Gasteiger partial charge in [0.15, 0.2) is 5.96 Å². The molecule has 3 aromatic rings. The standard InChI is InChI=1S/C20H20BN5OS/c1-11-8-12(2)26(24-11)15-6-4-13(5-7-15)17-18(16-9-14(21)10-28-16)23-20(22)25(3)19(17)27/h4-10,17-18H,1-3H3,(H2,22,23)/t17?,18-/m1/s1. The zero-order valence-electron chi connectivity index (χ0n) is 16.0. The number of hydrogen-bond acceptors (Lipinski definition) is 5. The van der Waals surface area contributed by atoms with E-state index < -0.39 is 5.92 Å². The van der Waals surface area contributed by atoms with Gasteiger partial charge in [-0.05, 0) is 43.0 Å². The lowest BCUT2D eigenvalue weighted by molar-refractivity contribution is -0.129. The second-order valence-corrected chi connectivity index (χ2v) is 7.96. The first kappa shape index (κ1) is 18.5. The Morgan fingerprint density at radius 1 is 1.18 bits per heavy atom. The average molecular weight is 389 g/mol. The number of amides is 1. The minimum absolute atomic E-state index is 0.0802. The molecule has 140 valence electrons. The Kier molecular flexibility index (Phi) is 4.59. The number of nitrogens with zero attached hydrogens (tertiary/aromatic N) is 4. The molecule has 4 rings (SSSR count). The summed E-state index contributed by atoms with van der Waals surface area (Å²) in [5, 5.41) is 6.37. The molecule has 6 nitrogen and oxygen atoms in total. The monoisotopic (exact) mass is 389 g/mol. The van der Waals surface area contributed by atoms with Crippen LogP contribution in [0.1, 0.15) is 33.8 Å². The molecular weight excluding hydrogens is 369 g/mol. The summed E-state index contributed by atoms with van der Waals surface area (Å²) in [4.78, 5) is 20.0. The van der Waals surface area contributed by atoms with Crippen LogP contribution in [-0.4, -0.2) is 41.4 Å². The lowest BCUT2D eigenvalue weighted by Crippen LogP contribution is -2.46. The summed E-state index contributed by atoms with van der Waals surface area (Å²) >= 11 is 1.49. The summed E-state index contributed by atoms with van der Waals surface area (Å²) in [7, 11) is 7.54. The third-order valence-electron chi connectivity index (χ3n) is 4.97. The van der Waals surface area contributed by atoms with Crippen molar-refractivity contribution in [2.75, 3.05) is 7.05 Å². The largest absolute Gasteiger partial charge is 0.369 e. The zero-order chi connectivity index (χ0) is 20.0. The molecule has 3 heterocycles. The smallest absolute Gasteiger partial charge is 0.239 e.